The Balaban J connectivity index is 1.85. The lowest BCUT2D eigenvalue weighted by Gasteiger charge is -2.20. The van der Waals surface area contributed by atoms with Gasteiger partial charge in [0.1, 0.15) is 5.84 Å². The molecular formula is C28H30ClN5O2S. The highest BCUT2D eigenvalue weighted by Crippen LogP contribution is 2.30. The molecule has 0 saturated heterocycles. The van der Waals surface area contributed by atoms with Crippen LogP contribution in [0.4, 0.5) is 0 Å². The molecule has 1 atom stereocenters. The highest BCUT2D eigenvalue weighted by Gasteiger charge is 2.33. The van der Waals surface area contributed by atoms with Gasteiger partial charge in [-0.25, -0.2) is 5.01 Å². The Hall–Kier alpha value is -3.49. The van der Waals surface area contributed by atoms with Gasteiger partial charge in [0.05, 0.1) is 17.2 Å². The van der Waals surface area contributed by atoms with E-state index in [1.807, 2.05) is 70.2 Å². The second-order valence-corrected chi connectivity index (χ2v) is 12.0. The Morgan fingerprint density at radius 1 is 1.00 bits per heavy atom. The number of nitrogens with two attached hydrogens (primary N) is 1. The van der Waals surface area contributed by atoms with Crippen molar-refractivity contribution in [2.45, 2.75) is 38.5 Å². The Bertz CT molecular complexity index is 1460. The predicted molar refractivity (Wildman–Crippen MR) is 151 cm³/mol. The Kier molecular flexibility index (Phi) is 7.52. The number of aliphatic imine (C=N–C) groups is 1. The minimum atomic E-state index is -4.08. The molecule has 0 fully saturated rings. The van der Waals surface area contributed by atoms with Crippen molar-refractivity contribution in [2.75, 3.05) is 6.54 Å². The van der Waals surface area contributed by atoms with Crippen molar-refractivity contribution in [3.63, 3.8) is 0 Å². The quantitative estimate of drug-likeness (QED) is 0.347. The number of amidine groups is 1. The first kappa shape index (κ1) is 26.6. The number of aryl methyl sites for hydroxylation is 1. The van der Waals surface area contributed by atoms with E-state index in [0.717, 1.165) is 22.4 Å². The van der Waals surface area contributed by atoms with Crippen LogP contribution in [0.5, 0.6) is 0 Å². The van der Waals surface area contributed by atoms with Gasteiger partial charge in [0, 0.05) is 16.4 Å². The molecule has 37 heavy (non-hydrogen) atoms. The zero-order valence-corrected chi connectivity index (χ0v) is 22.8. The first-order valence-corrected chi connectivity index (χ1v) is 13.7. The molecule has 4 rings (SSSR count). The van der Waals surface area contributed by atoms with E-state index < -0.39 is 15.4 Å². The molecule has 1 aliphatic rings. The third kappa shape index (κ3) is 6.26. The van der Waals surface area contributed by atoms with Gasteiger partial charge in [0.25, 0.3) is 16.0 Å². The fourth-order valence-corrected chi connectivity index (χ4v) is 4.79. The van der Waals surface area contributed by atoms with Gasteiger partial charge in [0.2, 0.25) is 0 Å². The van der Waals surface area contributed by atoms with Gasteiger partial charge in [-0.05, 0) is 42.3 Å². The number of sulfonamides is 1. The summed E-state index contributed by atoms with van der Waals surface area (Å²) in [6, 6.07) is 23.8. The second-order valence-electron chi connectivity index (χ2n) is 9.96. The smallest absolute Gasteiger partial charge is 0.285 e. The maximum Gasteiger partial charge on any atom is 0.285 e. The van der Waals surface area contributed by atoms with E-state index in [-0.39, 0.29) is 22.6 Å². The lowest BCUT2D eigenvalue weighted by atomic mass is 9.91. The Morgan fingerprint density at radius 3 is 2.22 bits per heavy atom. The summed E-state index contributed by atoms with van der Waals surface area (Å²) in [4.78, 5) is 4.56. The normalized spacial score (nSPS) is 17.2. The molecule has 0 unspecified atom stereocenters. The monoisotopic (exact) mass is 535 g/mol. The minimum absolute atomic E-state index is 0.0702. The number of halogens is 1. The molecule has 0 radical (unpaired) electrons. The van der Waals surface area contributed by atoms with E-state index in [1.165, 1.54) is 17.1 Å². The van der Waals surface area contributed by atoms with Crippen LogP contribution in [0.15, 0.2) is 98.2 Å². The first-order valence-electron chi connectivity index (χ1n) is 11.9. The maximum absolute atomic E-state index is 13.3. The van der Waals surface area contributed by atoms with Gasteiger partial charge in [-0.2, -0.15) is 18.5 Å². The molecule has 192 valence electrons. The fourth-order valence-electron chi connectivity index (χ4n) is 3.73. The van der Waals surface area contributed by atoms with Crippen LogP contribution in [0.1, 0.15) is 43.4 Å². The summed E-state index contributed by atoms with van der Waals surface area (Å²) >= 11 is 6.12. The summed E-state index contributed by atoms with van der Waals surface area (Å²) in [5, 5.41) is 6.96. The molecular weight excluding hydrogens is 506 g/mol. The van der Waals surface area contributed by atoms with Crippen molar-refractivity contribution in [1.29, 1.82) is 0 Å². The summed E-state index contributed by atoms with van der Waals surface area (Å²) in [5.41, 5.74) is 9.39. The molecule has 3 aromatic rings. The molecule has 9 heteroatoms. The van der Waals surface area contributed by atoms with Gasteiger partial charge in [0.15, 0.2) is 0 Å². The van der Waals surface area contributed by atoms with Gasteiger partial charge in [-0.1, -0.05) is 92.5 Å². The van der Waals surface area contributed by atoms with Crippen molar-refractivity contribution < 1.29 is 8.42 Å². The van der Waals surface area contributed by atoms with E-state index in [9.17, 15) is 8.42 Å². The lowest BCUT2D eigenvalue weighted by molar-refractivity contribution is 0.468. The fraction of sp³-hybridized carbons (Fsp3) is 0.250. The minimum Gasteiger partial charge on any atom is -0.387 e. The van der Waals surface area contributed by atoms with Crippen LogP contribution in [0.2, 0.25) is 5.02 Å². The number of rotatable bonds is 4. The average Bonchev–Trinajstić information content (AvgIpc) is 3.30. The highest BCUT2D eigenvalue weighted by molar-refractivity contribution is 7.90. The maximum atomic E-state index is 13.3. The van der Waals surface area contributed by atoms with Crippen molar-refractivity contribution in [1.82, 2.24) is 5.01 Å². The summed E-state index contributed by atoms with van der Waals surface area (Å²) in [6.07, 6.45) is 0. The summed E-state index contributed by atoms with van der Waals surface area (Å²) in [6.45, 7) is 7.93. The molecule has 0 bridgehead atoms. The van der Waals surface area contributed by atoms with Crippen molar-refractivity contribution in [2.24, 2.45) is 25.6 Å². The van der Waals surface area contributed by atoms with E-state index in [2.05, 4.69) is 9.39 Å². The molecule has 1 aliphatic heterocycles. The number of hydrogen-bond donors (Lipinski definition) is 1. The number of hydrogen-bond acceptors (Lipinski definition) is 3. The van der Waals surface area contributed by atoms with Crippen molar-refractivity contribution in [3.8, 4) is 0 Å². The third-order valence-electron chi connectivity index (χ3n) is 6.00. The molecule has 3 aromatic carbocycles. The van der Waals surface area contributed by atoms with E-state index in [4.69, 9.17) is 22.4 Å². The van der Waals surface area contributed by atoms with Crippen LogP contribution in [0, 0.1) is 12.3 Å². The topological polar surface area (TPSA) is 100 Å². The van der Waals surface area contributed by atoms with Crippen LogP contribution in [0.3, 0.4) is 0 Å². The highest BCUT2D eigenvalue weighted by atomic mass is 35.5. The first-order chi connectivity index (χ1) is 17.4. The summed E-state index contributed by atoms with van der Waals surface area (Å²) in [7, 11) is -4.08. The third-order valence-corrected chi connectivity index (χ3v) is 7.52. The van der Waals surface area contributed by atoms with Crippen molar-refractivity contribution in [3.05, 3.63) is 101 Å². The van der Waals surface area contributed by atoms with E-state index in [0.29, 0.717) is 11.6 Å². The van der Waals surface area contributed by atoms with Gasteiger partial charge in [-0.15, -0.1) is 4.40 Å². The van der Waals surface area contributed by atoms with Gasteiger partial charge >= 0.3 is 0 Å². The predicted octanol–water partition coefficient (Wildman–Crippen LogP) is 5.60. The number of guanidine groups is 1. The molecule has 0 aliphatic carbocycles. The van der Waals surface area contributed by atoms with Crippen LogP contribution in [-0.2, 0) is 10.0 Å². The lowest BCUT2D eigenvalue weighted by Crippen LogP contribution is -2.33. The molecule has 0 aromatic heterocycles. The molecule has 0 spiro atoms. The SMILES string of the molecule is Cc1ccc(S(=O)(=O)N=C(N=C(N)C(C)(C)C)N2C[C@H](c3ccccc3)C(c3ccc(Cl)cc3)=N2)cc1. The van der Waals surface area contributed by atoms with Gasteiger partial charge in [-0.3, -0.25) is 0 Å². The molecule has 7 nitrogen and oxygen atoms in total. The van der Waals surface area contributed by atoms with E-state index in [1.54, 1.807) is 24.3 Å². The molecule has 0 saturated carbocycles. The van der Waals surface area contributed by atoms with E-state index >= 15 is 0 Å². The number of nitrogens with zero attached hydrogens (tertiary/aromatic N) is 4. The Morgan fingerprint density at radius 2 is 1.62 bits per heavy atom. The molecule has 0 amide bonds. The summed E-state index contributed by atoms with van der Waals surface area (Å²) < 4.78 is 30.7. The number of hydrazone groups is 1. The van der Waals surface area contributed by atoms with Crippen molar-refractivity contribution >= 4 is 39.1 Å². The van der Waals surface area contributed by atoms with Gasteiger partial charge < -0.3 is 5.73 Å². The Labute approximate surface area is 223 Å². The second kappa shape index (κ2) is 10.5. The molecule has 1 heterocycles. The van der Waals surface area contributed by atoms with Crippen LogP contribution >= 0.6 is 11.6 Å². The van der Waals surface area contributed by atoms with Crippen LogP contribution < -0.4 is 5.73 Å². The average molecular weight is 536 g/mol. The zero-order valence-electron chi connectivity index (χ0n) is 21.3. The van der Waals surface area contributed by atoms with Crippen LogP contribution in [-0.4, -0.2) is 37.5 Å². The summed E-state index contributed by atoms with van der Waals surface area (Å²) in [5.74, 6) is 0.00960. The molecule has 2 N–H and O–H groups in total. The standard InChI is InChI=1S/C28H30ClN5O2S/c1-19-10-16-23(17-11-19)37(35,36)33-27(31-26(30)28(2,3)4)34-18-24(20-8-6-5-7-9-20)25(32-34)21-12-14-22(29)15-13-21/h5-17,24H,18H2,1-4H3,(H2,30,31,33)/t24-/m1/s1. The van der Waals surface area contributed by atoms with Crippen LogP contribution in [0.25, 0.3) is 0 Å². The zero-order chi connectivity index (χ0) is 26.8. The largest absolute Gasteiger partial charge is 0.387 e. The number of benzene rings is 3.